The van der Waals surface area contributed by atoms with Gasteiger partial charge < -0.3 is 5.11 Å². The van der Waals surface area contributed by atoms with Crippen LogP contribution in [0, 0.1) is 11.8 Å². The van der Waals surface area contributed by atoms with E-state index < -0.39 is 13.7 Å². The minimum atomic E-state index is -1.50. The van der Waals surface area contributed by atoms with Gasteiger partial charge in [0.15, 0.2) is 0 Å². The first kappa shape index (κ1) is 23.0. The Morgan fingerprint density at radius 2 is 1.50 bits per heavy atom. The molecule has 0 radical (unpaired) electrons. The van der Waals surface area contributed by atoms with Crippen LogP contribution in [0.2, 0.25) is 19.1 Å². The fourth-order valence-corrected chi connectivity index (χ4v) is 5.75. The molecule has 0 heterocycles. The monoisotopic (exact) mass is 372 g/mol. The Morgan fingerprint density at radius 1 is 0.923 bits per heavy atom. The molecule has 0 spiro atoms. The van der Waals surface area contributed by atoms with E-state index in [4.69, 9.17) is 0 Å². The predicted octanol–water partition coefficient (Wildman–Crippen LogP) is 6.28. The second-order valence-electron chi connectivity index (χ2n) is 8.55. The molecule has 1 atom stereocenters. The van der Waals surface area contributed by atoms with Crippen LogP contribution in [0.5, 0.6) is 0 Å². The zero-order valence-corrected chi connectivity index (χ0v) is 18.6. The van der Waals surface area contributed by atoms with Crippen molar-refractivity contribution < 1.29 is 5.11 Å². The standard InChI is InChI=1S/C24H40OSi/c1-5-6-7-8-9-10-11-12-13-17-20-24(2,25)21-22-26(3,4)23-18-15-14-16-19-23/h14-16,18-19,25H,5-13,21-22H2,1-4H3. The molecule has 1 rings (SSSR count). The van der Waals surface area contributed by atoms with E-state index in [1.807, 2.05) is 6.92 Å². The molecular formula is C24H40OSi. The molecule has 0 fully saturated rings. The van der Waals surface area contributed by atoms with Crippen LogP contribution in [-0.2, 0) is 0 Å². The van der Waals surface area contributed by atoms with Crippen molar-refractivity contribution in [1.82, 2.24) is 0 Å². The summed E-state index contributed by atoms with van der Waals surface area (Å²) < 4.78 is 0. The van der Waals surface area contributed by atoms with Gasteiger partial charge in [-0.2, -0.15) is 0 Å². The van der Waals surface area contributed by atoms with Gasteiger partial charge in [-0.3, -0.25) is 0 Å². The molecule has 0 saturated carbocycles. The maximum Gasteiger partial charge on any atom is 0.122 e. The van der Waals surface area contributed by atoms with Crippen LogP contribution < -0.4 is 5.19 Å². The summed E-state index contributed by atoms with van der Waals surface area (Å²) in [6.45, 7) is 8.90. The Labute approximate surface area is 163 Å². The van der Waals surface area contributed by atoms with E-state index in [-0.39, 0.29) is 0 Å². The molecular weight excluding hydrogens is 332 g/mol. The third kappa shape index (κ3) is 10.2. The average molecular weight is 373 g/mol. The third-order valence-corrected chi connectivity index (χ3v) is 8.70. The van der Waals surface area contributed by atoms with Crippen molar-refractivity contribution in [1.29, 1.82) is 0 Å². The van der Waals surface area contributed by atoms with Gasteiger partial charge in [0.2, 0.25) is 0 Å². The molecule has 1 aromatic rings. The number of rotatable bonds is 12. The summed E-state index contributed by atoms with van der Waals surface area (Å²) in [5.74, 6) is 6.36. The van der Waals surface area contributed by atoms with E-state index in [0.29, 0.717) is 0 Å². The van der Waals surface area contributed by atoms with Gasteiger partial charge in [-0.25, -0.2) is 0 Å². The van der Waals surface area contributed by atoms with E-state index >= 15 is 0 Å². The van der Waals surface area contributed by atoms with Crippen LogP contribution in [0.15, 0.2) is 30.3 Å². The molecule has 0 bridgehead atoms. The summed E-state index contributed by atoms with van der Waals surface area (Å²) in [5, 5.41) is 12.1. The Bertz CT molecular complexity index is 536. The molecule has 2 heteroatoms. The maximum absolute atomic E-state index is 10.6. The first-order valence-electron chi connectivity index (χ1n) is 10.7. The zero-order valence-electron chi connectivity index (χ0n) is 17.6. The van der Waals surface area contributed by atoms with Gasteiger partial charge in [0.05, 0.1) is 8.07 Å². The summed E-state index contributed by atoms with van der Waals surface area (Å²) >= 11 is 0. The fraction of sp³-hybridized carbons (Fsp3) is 0.667. The summed E-state index contributed by atoms with van der Waals surface area (Å²) in [6, 6.07) is 11.8. The third-order valence-electron chi connectivity index (χ3n) is 5.31. The summed E-state index contributed by atoms with van der Waals surface area (Å²) in [6.07, 6.45) is 12.3. The van der Waals surface area contributed by atoms with Crippen LogP contribution in [0.1, 0.15) is 78.1 Å². The molecule has 1 nitrogen and oxygen atoms in total. The van der Waals surface area contributed by atoms with Gasteiger partial charge >= 0.3 is 0 Å². The van der Waals surface area contributed by atoms with Crippen LogP contribution >= 0.6 is 0 Å². The summed E-state index contributed by atoms with van der Waals surface area (Å²) in [7, 11) is -1.50. The van der Waals surface area contributed by atoms with Crippen LogP contribution in [0.25, 0.3) is 0 Å². The minimum Gasteiger partial charge on any atom is -0.378 e. The lowest BCUT2D eigenvalue weighted by atomic mass is 10.0. The van der Waals surface area contributed by atoms with Gasteiger partial charge in [0, 0.05) is 6.42 Å². The second kappa shape index (κ2) is 12.4. The Kier molecular flexibility index (Phi) is 10.9. The van der Waals surface area contributed by atoms with Gasteiger partial charge in [0.1, 0.15) is 5.60 Å². The zero-order chi connectivity index (χ0) is 19.3. The van der Waals surface area contributed by atoms with E-state index in [1.165, 1.54) is 56.6 Å². The van der Waals surface area contributed by atoms with Crippen molar-refractivity contribution >= 4 is 13.3 Å². The highest BCUT2D eigenvalue weighted by molar-refractivity contribution is 6.89. The molecule has 0 aliphatic rings. The molecule has 1 aromatic carbocycles. The van der Waals surface area contributed by atoms with Gasteiger partial charge in [0.25, 0.3) is 0 Å². The first-order chi connectivity index (χ1) is 12.4. The molecule has 0 aromatic heterocycles. The minimum absolute atomic E-state index is 0.769. The summed E-state index contributed by atoms with van der Waals surface area (Å²) in [5.41, 5.74) is -0.848. The van der Waals surface area contributed by atoms with Crippen LogP contribution in [0.4, 0.5) is 0 Å². The number of hydrogen-bond donors (Lipinski definition) is 1. The summed E-state index contributed by atoms with van der Waals surface area (Å²) in [4.78, 5) is 0. The van der Waals surface area contributed by atoms with E-state index in [9.17, 15) is 5.11 Å². The lowest BCUT2D eigenvalue weighted by Crippen LogP contribution is -2.42. The van der Waals surface area contributed by atoms with E-state index in [0.717, 1.165) is 18.9 Å². The molecule has 0 amide bonds. The second-order valence-corrected chi connectivity index (χ2v) is 13.4. The maximum atomic E-state index is 10.6. The number of hydrogen-bond acceptors (Lipinski definition) is 1. The van der Waals surface area contributed by atoms with Crippen molar-refractivity contribution in [2.45, 2.75) is 103 Å². The highest BCUT2D eigenvalue weighted by atomic mass is 28.3. The van der Waals surface area contributed by atoms with Gasteiger partial charge in [-0.15, -0.1) is 5.92 Å². The highest BCUT2D eigenvalue weighted by Gasteiger charge is 2.27. The smallest absolute Gasteiger partial charge is 0.122 e. The average Bonchev–Trinajstić information content (AvgIpc) is 2.62. The fourth-order valence-electron chi connectivity index (χ4n) is 3.25. The van der Waals surface area contributed by atoms with E-state index in [1.54, 1.807) is 0 Å². The molecule has 146 valence electrons. The quantitative estimate of drug-likeness (QED) is 0.260. The predicted molar refractivity (Wildman–Crippen MR) is 119 cm³/mol. The van der Waals surface area contributed by atoms with E-state index in [2.05, 4.69) is 62.2 Å². The molecule has 1 unspecified atom stereocenters. The number of benzene rings is 1. The molecule has 26 heavy (non-hydrogen) atoms. The first-order valence-corrected chi connectivity index (χ1v) is 13.9. The SMILES string of the molecule is CCCCCCCCCCC#CC(C)(O)CC[Si](C)(C)c1ccccc1. The molecule has 1 N–H and O–H groups in total. The van der Waals surface area contributed by atoms with Crippen LogP contribution in [0.3, 0.4) is 0 Å². The molecule has 0 saturated heterocycles. The van der Waals surface area contributed by atoms with Crippen molar-refractivity contribution in [3.05, 3.63) is 30.3 Å². The lowest BCUT2D eigenvalue weighted by Gasteiger charge is -2.26. The lowest BCUT2D eigenvalue weighted by molar-refractivity contribution is 0.117. The topological polar surface area (TPSA) is 20.2 Å². The normalized spacial score (nSPS) is 13.7. The van der Waals surface area contributed by atoms with Gasteiger partial charge in [-0.05, 0) is 25.8 Å². The molecule has 0 aliphatic heterocycles. The Morgan fingerprint density at radius 3 is 2.12 bits per heavy atom. The van der Waals surface area contributed by atoms with Crippen molar-refractivity contribution in [2.24, 2.45) is 0 Å². The van der Waals surface area contributed by atoms with Gasteiger partial charge in [-0.1, -0.05) is 106 Å². The molecule has 0 aliphatic carbocycles. The Balaban J connectivity index is 2.24. The number of unbranched alkanes of at least 4 members (excludes halogenated alkanes) is 8. The Hall–Kier alpha value is -1.04. The van der Waals surface area contributed by atoms with Crippen LogP contribution in [-0.4, -0.2) is 18.8 Å². The number of aliphatic hydroxyl groups is 1. The van der Waals surface area contributed by atoms with Crippen molar-refractivity contribution in [2.75, 3.05) is 0 Å². The van der Waals surface area contributed by atoms with Crippen molar-refractivity contribution in [3.8, 4) is 11.8 Å². The largest absolute Gasteiger partial charge is 0.378 e. The highest BCUT2D eigenvalue weighted by Crippen LogP contribution is 2.20. The van der Waals surface area contributed by atoms with Crippen molar-refractivity contribution in [3.63, 3.8) is 0 Å².